The summed E-state index contributed by atoms with van der Waals surface area (Å²) in [5, 5.41) is 0.865. The van der Waals surface area contributed by atoms with Crippen LogP contribution in [0.15, 0.2) is 0 Å². The molecule has 0 aromatic rings. The van der Waals surface area contributed by atoms with Gasteiger partial charge in [0, 0.05) is 17.3 Å². The number of nitrogens with zero attached hydrogens (tertiary/aromatic N) is 1. The third kappa shape index (κ3) is 2.28. The zero-order chi connectivity index (χ0) is 10.8. The van der Waals surface area contributed by atoms with Crippen LogP contribution in [0.25, 0.3) is 0 Å². The lowest BCUT2D eigenvalue weighted by atomic mass is 10.3. The first-order valence-electron chi connectivity index (χ1n) is 5.06. The third-order valence-corrected chi connectivity index (χ3v) is 6.03. The second kappa shape index (κ2) is 5.21. The molecule has 2 fully saturated rings. The fourth-order valence-corrected chi connectivity index (χ4v) is 5.46. The van der Waals surface area contributed by atoms with E-state index in [4.69, 9.17) is 4.74 Å². The second-order valence-corrected chi connectivity index (χ2v) is 6.26. The van der Waals surface area contributed by atoms with Gasteiger partial charge in [0.15, 0.2) is 0 Å². The summed E-state index contributed by atoms with van der Waals surface area (Å²) in [5.74, 6) is 2.71. The zero-order valence-electron chi connectivity index (χ0n) is 8.59. The largest absolute Gasteiger partial charge is 0.465 e. The Kier molecular flexibility index (Phi) is 4.15. The van der Waals surface area contributed by atoms with E-state index in [-0.39, 0.29) is 12.0 Å². The van der Waals surface area contributed by atoms with Gasteiger partial charge >= 0.3 is 5.97 Å². The molecule has 2 heterocycles. The van der Waals surface area contributed by atoms with E-state index in [2.05, 4.69) is 17.5 Å². The van der Waals surface area contributed by atoms with Crippen molar-refractivity contribution in [1.82, 2.24) is 4.90 Å². The van der Waals surface area contributed by atoms with Crippen molar-refractivity contribution in [2.75, 3.05) is 23.9 Å². The maximum Gasteiger partial charge on any atom is 0.324 e. The van der Waals surface area contributed by atoms with Gasteiger partial charge in [-0.2, -0.15) is 12.6 Å². The predicted octanol–water partition coefficient (Wildman–Crippen LogP) is 1.30. The van der Waals surface area contributed by atoms with Crippen LogP contribution in [0.4, 0.5) is 0 Å². The van der Waals surface area contributed by atoms with Gasteiger partial charge in [-0.05, 0) is 6.92 Å². The van der Waals surface area contributed by atoms with E-state index in [1.807, 2.05) is 30.4 Å². The third-order valence-electron chi connectivity index (χ3n) is 2.62. The van der Waals surface area contributed by atoms with Crippen LogP contribution in [0, 0.1) is 0 Å². The molecule has 0 N–H and O–H groups in total. The Morgan fingerprint density at radius 2 is 2.33 bits per heavy atom. The molecule has 0 radical (unpaired) electrons. The van der Waals surface area contributed by atoms with E-state index < -0.39 is 0 Å². The van der Waals surface area contributed by atoms with E-state index in [9.17, 15) is 4.79 Å². The second-order valence-electron chi connectivity index (χ2n) is 3.47. The first-order chi connectivity index (χ1) is 7.27. The Morgan fingerprint density at radius 3 is 3.00 bits per heavy atom. The molecule has 0 aliphatic carbocycles. The molecule has 3 atom stereocenters. The molecule has 0 unspecified atom stereocenters. The number of fused-ring (bicyclic) bond motifs is 1. The lowest BCUT2D eigenvalue weighted by Gasteiger charge is -2.26. The summed E-state index contributed by atoms with van der Waals surface area (Å²) in [4.78, 5) is 14.0. The fraction of sp³-hybridized carbons (Fsp3) is 0.889. The maximum atomic E-state index is 11.7. The van der Waals surface area contributed by atoms with Crippen molar-refractivity contribution in [3.63, 3.8) is 0 Å². The summed E-state index contributed by atoms with van der Waals surface area (Å²) < 4.78 is 5.10. The topological polar surface area (TPSA) is 29.5 Å². The lowest BCUT2D eigenvalue weighted by molar-refractivity contribution is -0.148. The first kappa shape index (κ1) is 12.0. The number of carbonyl (C=O) groups excluding carboxylic acids is 1. The zero-order valence-corrected chi connectivity index (χ0v) is 11.1. The van der Waals surface area contributed by atoms with Crippen molar-refractivity contribution in [3.8, 4) is 0 Å². The van der Waals surface area contributed by atoms with Gasteiger partial charge in [-0.3, -0.25) is 9.69 Å². The van der Waals surface area contributed by atoms with Crippen LogP contribution in [0.2, 0.25) is 0 Å². The molecule has 2 saturated heterocycles. The number of hydrogen-bond acceptors (Lipinski definition) is 6. The summed E-state index contributed by atoms with van der Waals surface area (Å²) >= 11 is 8.09. The Labute approximate surface area is 104 Å². The van der Waals surface area contributed by atoms with Crippen LogP contribution < -0.4 is 0 Å². The monoisotopic (exact) mass is 265 g/mol. The van der Waals surface area contributed by atoms with Crippen molar-refractivity contribution in [1.29, 1.82) is 0 Å². The summed E-state index contributed by atoms with van der Waals surface area (Å²) in [6.07, 6.45) is 0. The van der Waals surface area contributed by atoms with Crippen molar-refractivity contribution < 1.29 is 9.53 Å². The Morgan fingerprint density at radius 1 is 1.53 bits per heavy atom. The average molecular weight is 265 g/mol. The Hall–Kier alpha value is 0.480. The summed E-state index contributed by atoms with van der Waals surface area (Å²) in [6.45, 7) is 2.32. The molecule has 0 bridgehead atoms. The number of esters is 1. The number of ether oxygens (including phenoxy) is 1. The standard InChI is InChI=1S/C9H15NO2S3/c1-2-12-9(11)6-4-14-8-5-15-7(3-13)10(6)8/h6-8,13H,2-5H2,1H3/t6-,7+,8-/m0/s1. The molecule has 2 aliphatic rings. The van der Waals surface area contributed by atoms with Gasteiger partial charge in [-0.1, -0.05) is 0 Å². The normalized spacial score (nSPS) is 35.5. The number of carbonyl (C=O) groups is 1. The molecule has 15 heavy (non-hydrogen) atoms. The first-order valence-corrected chi connectivity index (χ1v) is 7.79. The molecular formula is C9H15NO2S3. The summed E-state index contributed by atoms with van der Waals surface area (Å²) in [5.41, 5.74) is 0. The van der Waals surface area contributed by atoms with E-state index in [0.29, 0.717) is 17.4 Å². The molecular weight excluding hydrogens is 250 g/mol. The smallest absolute Gasteiger partial charge is 0.324 e. The van der Waals surface area contributed by atoms with Gasteiger partial charge in [0.05, 0.1) is 17.4 Å². The van der Waals surface area contributed by atoms with Gasteiger partial charge in [-0.15, -0.1) is 23.5 Å². The molecule has 0 aromatic carbocycles. The van der Waals surface area contributed by atoms with Crippen LogP contribution in [0.1, 0.15) is 6.92 Å². The van der Waals surface area contributed by atoms with Gasteiger partial charge in [-0.25, -0.2) is 0 Å². The highest BCUT2D eigenvalue weighted by atomic mass is 32.2. The van der Waals surface area contributed by atoms with Crippen molar-refractivity contribution in [2.24, 2.45) is 0 Å². The fourth-order valence-electron chi connectivity index (χ4n) is 1.95. The van der Waals surface area contributed by atoms with Gasteiger partial charge < -0.3 is 4.74 Å². The molecule has 0 amide bonds. The van der Waals surface area contributed by atoms with Gasteiger partial charge in [0.1, 0.15) is 6.04 Å². The summed E-state index contributed by atoms with van der Waals surface area (Å²) in [6, 6.07) is -0.0490. The molecule has 0 saturated carbocycles. The maximum absolute atomic E-state index is 11.7. The molecule has 86 valence electrons. The molecule has 2 rings (SSSR count). The SMILES string of the molecule is CCOC(=O)[C@@H]1CS[C@H]2CS[C@H](CS)N21. The van der Waals surface area contributed by atoms with E-state index in [0.717, 1.165) is 17.3 Å². The van der Waals surface area contributed by atoms with Crippen LogP contribution in [-0.2, 0) is 9.53 Å². The predicted molar refractivity (Wildman–Crippen MR) is 68.6 cm³/mol. The minimum Gasteiger partial charge on any atom is -0.465 e. The number of hydrogen-bond donors (Lipinski definition) is 1. The van der Waals surface area contributed by atoms with Crippen molar-refractivity contribution in [2.45, 2.75) is 23.7 Å². The molecule has 2 aliphatic heterocycles. The van der Waals surface area contributed by atoms with Crippen LogP contribution in [-0.4, -0.2) is 51.5 Å². The van der Waals surface area contributed by atoms with Gasteiger partial charge in [0.25, 0.3) is 0 Å². The highest BCUT2D eigenvalue weighted by molar-refractivity contribution is 8.05. The summed E-state index contributed by atoms with van der Waals surface area (Å²) in [7, 11) is 0. The number of rotatable bonds is 3. The van der Waals surface area contributed by atoms with E-state index in [1.54, 1.807) is 0 Å². The number of thiol groups is 1. The van der Waals surface area contributed by atoms with Crippen LogP contribution in [0.5, 0.6) is 0 Å². The molecule has 6 heteroatoms. The Balaban J connectivity index is 2.04. The molecule has 0 spiro atoms. The number of thioether (sulfide) groups is 2. The van der Waals surface area contributed by atoms with Crippen LogP contribution >= 0.6 is 36.2 Å². The van der Waals surface area contributed by atoms with Gasteiger partial charge in [0.2, 0.25) is 0 Å². The van der Waals surface area contributed by atoms with Crippen LogP contribution in [0.3, 0.4) is 0 Å². The van der Waals surface area contributed by atoms with Crippen molar-refractivity contribution in [3.05, 3.63) is 0 Å². The van der Waals surface area contributed by atoms with Crippen molar-refractivity contribution >= 4 is 42.1 Å². The Bertz CT molecular complexity index is 252. The molecule has 3 nitrogen and oxygen atoms in total. The molecule has 0 aromatic heterocycles. The van der Waals surface area contributed by atoms with E-state index >= 15 is 0 Å². The minimum atomic E-state index is -0.0678. The highest BCUT2D eigenvalue weighted by Gasteiger charge is 2.46. The van der Waals surface area contributed by atoms with E-state index in [1.165, 1.54) is 0 Å². The lowest BCUT2D eigenvalue weighted by Crippen LogP contribution is -2.44. The average Bonchev–Trinajstić information content (AvgIpc) is 2.77. The highest BCUT2D eigenvalue weighted by Crippen LogP contribution is 2.42. The quantitative estimate of drug-likeness (QED) is 0.614. The minimum absolute atomic E-state index is 0.0490.